The molecule has 0 fully saturated rings. The first-order valence-corrected chi connectivity index (χ1v) is 19.8. The first kappa shape index (κ1) is 52.3. The molecule has 1 aromatic heterocycles. The van der Waals surface area contributed by atoms with E-state index < -0.39 is 98.1 Å². The van der Waals surface area contributed by atoms with Crippen LogP contribution in [0.5, 0.6) is 0 Å². The summed E-state index contributed by atoms with van der Waals surface area (Å²) < 4.78 is 0. The average molecular weight is 863 g/mol. The molecular weight excluding hydrogens is 796 g/mol. The quantitative estimate of drug-likeness (QED) is 0.0518. The number of carbonyl (C=O) groups is 4. The van der Waals surface area contributed by atoms with E-state index in [1.54, 1.807) is 42.0 Å². The molecule has 0 aliphatic carbocycles. The van der Waals surface area contributed by atoms with Gasteiger partial charge >= 0.3 is 24.0 Å². The molecule has 0 aromatic carbocycles. The van der Waals surface area contributed by atoms with E-state index in [4.69, 9.17) is 10.1 Å². The van der Waals surface area contributed by atoms with Crippen LogP contribution in [0.4, 0.5) is 9.59 Å². The van der Waals surface area contributed by atoms with E-state index in [2.05, 4.69) is 10.6 Å². The molecule has 2 unspecified atom stereocenters. The Balaban J connectivity index is 2.09. The number of nitrogens with one attached hydrogen (secondary N) is 2. The minimum Gasteiger partial charge on any atom is -0.480 e. The van der Waals surface area contributed by atoms with Crippen LogP contribution in [0.3, 0.4) is 0 Å². The maximum absolute atomic E-state index is 12.8. The van der Waals surface area contributed by atoms with Crippen molar-refractivity contribution in [3.8, 4) is 0 Å². The number of urea groups is 2. The number of aromatic nitrogens is 1. The summed E-state index contributed by atoms with van der Waals surface area (Å²) in [5.74, 6) is -2.28. The van der Waals surface area contributed by atoms with Crippen LogP contribution in [-0.2, 0) is 22.7 Å². The van der Waals surface area contributed by atoms with Gasteiger partial charge in [-0.05, 0) is 38.4 Å². The topological polar surface area (TPSA) is 344 Å². The van der Waals surface area contributed by atoms with Crippen molar-refractivity contribution in [1.82, 2.24) is 40.1 Å². The second-order valence-electron chi connectivity index (χ2n) is 15.2. The highest BCUT2D eigenvalue weighted by atomic mass is 16.4. The van der Waals surface area contributed by atoms with Gasteiger partial charge in [-0.15, -0.1) is 0 Å². The van der Waals surface area contributed by atoms with Crippen LogP contribution >= 0.6 is 0 Å². The number of likely N-dealkylation sites (N-methyl/N-ethyl adjacent to an activating group) is 3. The van der Waals surface area contributed by atoms with E-state index >= 15 is 0 Å². The summed E-state index contributed by atoms with van der Waals surface area (Å²) in [5, 5.41) is 115. The minimum absolute atomic E-state index is 0.00821. The smallest absolute Gasteiger partial charge is 0.320 e. The van der Waals surface area contributed by atoms with Gasteiger partial charge in [0.05, 0.1) is 37.2 Å². The number of carbonyl (C=O) groups excluding carboxylic acids is 2. The number of hydrogen-bond acceptors (Lipinski definition) is 17. The Kier molecular flexibility index (Phi) is 22.5. The molecule has 1 aromatic rings. The normalized spacial score (nSPS) is 19.8. The predicted molar refractivity (Wildman–Crippen MR) is 212 cm³/mol. The van der Waals surface area contributed by atoms with Gasteiger partial charge in [0.25, 0.3) is 0 Å². The van der Waals surface area contributed by atoms with Crippen LogP contribution in [0, 0.1) is 0 Å². The van der Waals surface area contributed by atoms with Gasteiger partial charge in [-0.3, -0.25) is 24.4 Å². The molecule has 4 amide bonds. The summed E-state index contributed by atoms with van der Waals surface area (Å²) in [6, 6.07) is 1.66. The van der Waals surface area contributed by atoms with Crippen LogP contribution in [0.15, 0.2) is 18.2 Å². The largest absolute Gasteiger partial charge is 0.480 e. The molecule has 0 spiro atoms. The summed E-state index contributed by atoms with van der Waals surface area (Å²) in [5.41, 5.74) is 1.03. The molecule has 13 N–H and O–H groups in total. The third kappa shape index (κ3) is 16.5. The van der Waals surface area contributed by atoms with Crippen molar-refractivity contribution in [1.29, 1.82) is 0 Å². The van der Waals surface area contributed by atoms with E-state index in [0.717, 1.165) is 9.80 Å². The van der Waals surface area contributed by atoms with Crippen LogP contribution in [0.1, 0.15) is 37.6 Å². The van der Waals surface area contributed by atoms with Gasteiger partial charge in [-0.1, -0.05) is 13.0 Å². The van der Waals surface area contributed by atoms with Gasteiger partial charge in [-0.2, -0.15) is 0 Å². The Morgan fingerprint density at radius 3 is 1.42 bits per heavy atom. The van der Waals surface area contributed by atoms with Gasteiger partial charge in [0.1, 0.15) is 54.8 Å². The van der Waals surface area contributed by atoms with E-state index in [-0.39, 0.29) is 65.1 Å². The maximum Gasteiger partial charge on any atom is 0.320 e. The molecule has 344 valence electrons. The number of nitrogens with zero attached hydrogens (tertiary/aromatic N) is 6. The van der Waals surface area contributed by atoms with Crippen molar-refractivity contribution in [3.05, 3.63) is 29.6 Å². The lowest BCUT2D eigenvalue weighted by Crippen LogP contribution is -2.51. The second-order valence-corrected chi connectivity index (χ2v) is 15.2. The van der Waals surface area contributed by atoms with E-state index in [9.17, 15) is 70.2 Å². The Morgan fingerprint density at radius 1 is 0.667 bits per heavy atom. The Morgan fingerprint density at radius 2 is 1.05 bits per heavy atom. The lowest BCUT2D eigenvalue weighted by molar-refractivity contribution is -0.144. The molecule has 23 nitrogen and oxygen atoms in total. The monoisotopic (exact) mass is 862 g/mol. The van der Waals surface area contributed by atoms with Crippen LogP contribution in [-0.4, -0.2) is 251 Å². The van der Waals surface area contributed by atoms with Crippen molar-refractivity contribution in [2.45, 2.75) is 100 Å². The number of aliphatic hydroxyl groups is 9. The standard InChI is InChI=1S/C37H66N8O15/c1-5-26(47)30(51)31(52)27(48)19-42(3)36(59)38-11-9-24(34(55)56)44-15-13-41(2)14-16-45(18-23-8-6-7-22(17-44)40-23)25(35(57)58)10-12-39-37(60)43(4)20-28(49)32(53)33(54)29(50)21-46/h6-8,24-33,46-54H,5,9-21H2,1-4H3,(H,38,59)(H,39,60)(H,55,56)(H,57,58)/t24?,25?,26-,27+,28+,29-,30-,31-,32-,33-/m1/s1. The highest BCUT2D eigenvalue weighted by molar-refractivity contribution is 5.76. The highest BCUT2D eigenvalue weighted by Crippen LogP contribution is 2.16. The molecule has 0 saturated heterocycles. The van der Waals surface area contributed by atoms with Crippen LogP contribution in [0.2, 0.25) is 0 Å². The van der Waals surface area contributed by atoms with E-state index in [1.807, 2.05) is 4.90 Å². The lowest BCUT2D eigenvalue weighted by atomic mass is 10.0. The molecular formula is C37H66N8O15. The Bertz CT molecular complexity index is 1380. The summed E-state index contributed by atoms with van der Waals surface area (Å²) in [4.78, 5) is 62.8. The summed E-state index contributed by atoms with van der Waals surface area (Å²) in [6.07, 6.45) is -13.2. The Labute approximate surface area is 349 Å². The van der Waals surface area contributed by atoms with Crippen molar-refractivity contribution in [2.24, 2.45) is 0 Å². The fourth-order valence-corrected chi connectivity index (χ4v) is 6.55. The first-order valence-electron chi connectivity index (χ1n) is 19.8. The van der Waals surface area contributed by atoms with Crippen molar-refractivity contribution < 1.29 is 75.3 Å². The van der Waals surface area contributed by atoms with Crippen LogP contribution < -0.4 is 10.6 Å². The molecule has 2 rings (SSSR count). The second kappa shape index (κ2) is 25.8. The van der Waals surface area contributed by atoms with Gasteiger partial charge in [0.15, 0.2) is 0 Å². The number of carboxylic acid groups (broad SMARTS) is 2. The average Bonchev–Trinajstić information content (AvgIpc) is 3.21. The maximum atomic E-state index is 12.8. The van der Waals surface area contributed by atoms with Crippen molar-refractivity contribution in [2.75, 3.05) is 80.1 Å². The number of fused-ring (bicyclic) bond motifs is 2. The molecule has 60 heavy (non-hydrogen) atoms. The minimum atomic E-state index is -1.87. The van der Waals surface area contributed by atoms with E-state index in [1.165, 1.54) is 14.1 Å². The third-order valence-corrected chi connectivity index (χ3v) is 10.5. The Hall–Kier alpha value is -3.85. The number of pyridine rings is 1. The number of rotatable bonds is 22. The molecule has 2 heterocycles. The predicted octanol–water partition coefficient (Wildman–Crippen LogP) is -5.11. The number of hydrogen-bond donors (Lipinski definition) is 13. The van der Waals surface area contributed by atoms with E-state index in [0.29, 0.717) is 24.5 Å². The lowest BCUT2D eigenvalue weighted by Gasteiger charge is -2.34. The SMILES string of the molecule is CC[C@@H](O)[C@@H](O)[C@H](O)[C@@H](O)CN(C)C(=O)NCCC(C(=O)O)N1CCN(C)CCN(C(CCNC(=O)N(C)C[C@H](O)[C@@H](O)[C@H](O)[C@H](O)CO)C(=O)O)Cc2cccc(n2)C1. The van der Waals surface area contributed by atoms with Gasteiger partial charge in [0.2, 0.25) is 0 Å². The summed E-state index contributed by atoms with van der Waals surface area (Å²) >= 11 is 0. The molecule has 1 aliphatic rings. The number of carboxylic acids is 2. The van der Waals surface area contributed by atoms with Gasteiger partial charge in [-0.25, -0.2) is 9.59 Å². The molecule has 0 saturated carbocycles. The molecule has 1 aliphatic heterocycles. The summed E-state index contributed by atoms with van der Waals surface area (Å²) in [7, 11) is 4.45. The van der Waals surface area contributed by atoms with Crippen LogP contribution in [0.25, 0.3) is 0 Å². The zero-order chi connectivity index (χ0) is 45.3. The highest BCUT2D eigenvalue weighted by Gasteiger charge is 2.34. The number of aliphatic hydroxyl groups excluding tert-OH is 9. The third-order valence-electron chi connectivity index (χ3n) is 10.5. The fourth-order valence-electron chi connectivity index (χ4n) is 6.55. The summed E-state index contributed by atoms with van der Waals surface area (Å²) in [6.45, 7) is 1.21. The van der Waals surface area contributed by atoms with Crippen molar-refractivity contribution in [3.63, 3.8) is 0 Å². The number of aliphatic carboxylic acids is 2. The zero-order valence-corrected chi connectivity index (χ0v) is 34.6. The molecule has 10 atom stereocenters. The van der Waals surface area contributed by atoms with Crippen molar-refractivity contribution >= 4 is 24.0 Å². The molecule has 0 radical (unpaired) electrons. The fraction of sp³-hybridized carbons (Fsp3) is 0.757. The molecule has 23 heteroatoms. The first-order chi connectivity index (χ1) is 28.2. The number of amides is 4. The van der Waals surface area contributed by atoms with Gasteiger partial charge in [0, 0.05) is 66.5 Å². The van der Waals surface area contributed by atoms with Gasteiger partial charge < -0.3 is 81.5 Å². The zero-order valence-electron chi connectivity index (χ0n) is 34.6. The molecule has 2 bridgehead atoms.